The fourth-order valence-electron chi connectivity index (χ4n) is 1.31. The van der Waals surface area contributed by atoms with Gasteiger partial charge in [0, 0.05) is 0 Å². The van der Waals surface area contributed by atoms with Crippen LogP contribution in [0.5, 0.6) is 5.88 Å². The van der Waals surface area contributed by atoms with Crippen molar-refractivity contribution in [2.75, 3.05) is 0 Å². The molecule has 0 saturated carbocycles. The van der Waals surface area contributed by atoms with Crippen molar-refractivity contribution in [2.45, 2.75) is 13.0 Å². The Morgan fingerprint density at radius 2 is 1.82 bits per heavy atom. The lowest BCUT2D eigenvalue weighted by Gasteiger charge is -2.14. The second-order valence-electron chi connectivity index (χ2n) is 3.35. The van der Waals surface area contributed by atoms with Crippen LogP contribution in [-0.2, 0) is 0 Å². The molecule has 88 valence electrons. The Labute approximate surface area is 109 Å². The molecule has 0 aliphatic rings. The first-order chi connectivity index (χ1) is 8.16. The zero-order valence-electron chi connectivity index (χ0n) is 8.97. The maximum atomic E-state index is 5.81. The molecule has 0 N–H and O–H groups in total. The smallest absolute Gasteiger partial charge is 0.257 e. The van der Waals surface area contributed by atoms with Gasteiger partial charge in [0.05, 0.1) is 0 Å². The standard InChI is InChI=1S/C11H9Cl2N3O/c1-7(8-5-3-2-4-6-8)17-10-9(12)15-16-11(13)14-10/h2-7H,1H3. The number of nitrogens with zero attached hydrogens (tertiary/aromatic N) is 3. The van der Waals surface area contributed by atoms with Crippen LogP contribution < -0.4 is 4.74 Å². The topological polar surface area (TPSA) is 47.9 Å². The summed E-state index contributed by atoms with van der Waals surface area (Å²) in [6.07, 6.45) is -0.193. The highest BCUT2D eigenvalue weighted by molar-refractivity contribution is 6.31. The summed E-state index contributed by atoms with van der Waals surface area (Å²) >= 11 is 11.4. The SMILES string of the molecule is CC(Oc1nc(Cl)nnc1Cl)c1ccccc1. The van der Waals surface area contributed by atoms with Gasteiger partial charge in [-0.25, -0.2) is 0 Å². The maximum absolute atomic E-state index is 5.81. The van der Waals surface area contributed by atoms with Crippen LogP contribution in [0.1, 0.15) is 18.6 Å². The van der Waals surface area contributed by atoms with E-state index in [-0.39, 0.29) is 22.4 Å². The Hall–Kier alpha value is -1.39. The number of hydrogen-bond donors (Lipinski definition) is 0. The van der Waals surface area contributed by atoms with Gasteiger partial charge in [0.1, 0.15) is 6.10 Å². The van der Waals surface area contributed by atoms with Crippen LogP contribution in [-0.4, -0.2) is 15.2 Å². The zero-order chi connectivity index (χ0) is 12.3. The second kappa shape index (κ2) is 5.29. The van der Waals surface area contributed by atoms with Crippen LogP contribution >= 0.6 is 23.2 Å². The van der Waals surface area contributed by atoms with Crippen LogP contribution in [0.3, 0.4) is 0 Å². The van der Waals surface area contributed by atoms with E-state index < -0.39 is 0 Å². The molecule has 2 aromatic rings. The Morgan fingerprint density at radius 1 is 1.12 bits per heavy atom. The first kappa shape index (κ1) is 12.1. The summed E-state index contributed by atoms with van der Waals surface area (Å²) in [5.41, 5.74) is 1.01. The van der Waals surface area contributed by atoms with Crippen molar-refractivity contribution in [3.8, 4) is 5.88 Å². The van der Waals surface area contributed by atoms with E-state index in [9.17, 15) is 0 Å². The lowest BCUT2D eigenvalue weighted by molar-refractivity contribution is 0.216. The van der Waals surface area contributed by atoms with Gasteiger partial charge in [-0.3, -0.25) is 0 Å². The van der Waals surface area contributed by atoms with Crippen molar-refractivity contribution in [1.82, 2.24) is 15.2 Å². The summed E-state index contributed by atoms with van der Waals surface area (Å²) in [5, 5.41) is 7.23. The fraction of sp³-hybridized carbons (Fsp3) is 0.182. The summed E-state index contributed by atoms with van der Waals surface area (Å²) in [6.45, 7) is 1.89. The summed E-state index contributed by atoms with van der Waals surface area (Å²) in [4.78, 5) is 3.88. The Balaban J connectivity index is 2.18. The molecule has 0 radical (unpaired) electrons. The number of halogens is 2. The van der Waals surface area contributed by atoms with E-state index in [1.807, 2.05) is 37.3 Å². The first-order valence-corrected chi connectivity index (χ1v) is 5.69. The van der Waals surface area contributed by atoms with E-state index in [0.29, 0.717) is 0 Å². The number of aromatic nitrogens is 3. The molecule has 1 aromatic carbocycles. The number of hydrogen-bond acceptors (Lipinski definition) is 4. The van der Waals surface area contributed by atoms with Crippen molar-refractivity contribution in [3.63, 3.8) is 0 Å². The molecule has 1 unspecified atom stereocenters. The van der Waals surface area contributed by atoms with Gasteiger partial charge < -0.3 is 4.74 Å². The molecule has 0 amide bonds. The molecular weight excluding hydrogens is 261 g/mol. The van der Waals surface area contributed by atoms with Crippen molar-refractivity contribution >= 4 is 23.2 Å². The molecule has 0 aliphatic heterocycles. The molecule has 0 saturated heterocycles. The predicted octanol–water partition coefficient (Wildman–Crippen LogP) is 3.32. The van der Waals surface area contributed by atoms with E-state index in [1.54, 1.807) is 0 Å². The minimum Gasteiger partial charge on any atom is -0.467 e. The summed E-state index contributed by atoms with van der Waals surface area (Å²) < 4.78 is 5.58. The minimum atomic E-state index is -0.193. The van der Waals surface area contributed by atoms with Crippen LogP contribution in [0, 0.1) is 0 Å². The van der Waals surface area contributed by atoms with E-state index >= 15 is 0 Å². The monoisotopic (exact) mass is 269 g/mol. The molecule has 6 heteroatoms. The summed E-state index contributed by atoms with van der Waals surface area (Å²) in [5.74, 6) is 0.183. The highest BCUT2D eigenvalue weighted by Crippen LogP contribution is 2.25. The third kappa shape index (κ3) is 3.05. The summed E-state index contributed by atoms with van der Waals surface area (Å²) in [6, 6.07) is 9.71. The molecule has 1 atom stereocenters. The van der Waals surface area contributed by atoms with E-state index in [0.717, 1.165) is 5.56 Å². The van der Waals surface area contributed by atoms with Gasteiger partial charge >= 0.3 is 0 Å². The van der Waals surface area contributed by atoms with Crippen LogP contribution in [0.25, 0.3) is 0 Å². The normalized spacial score (nSPS) is 12.2. The van der Waals surface area contributed by atoms with E-state index in [2.05, 4.69) is 15.2 Å². The van der Waals surface area contributed by atoms with Gasteiger partial charge in [-0.05, 0) is 24.1 Å². The largest absolute Gasteiger partial charge is 0.467 e. The van der Waals surface area contributed by atoms with Crippen molar-refractivity contribution in [3.05, 3.63) is 46.3 Å². The predicted molar refractivity (Wildman–Crippen MR) is 65.3 cm³/mol. The van der Waals surface area contributed by atoms with E-state index in [1.165, 1.54) is 0 Å². The molecule has 0 fully saturated rings. The van der Waals surface area contributed by atoms with Gasteiger partial charge in [0.15, 0.2) is 0 Å². The molecule has 0 bridgehead atoms. The number of benzene rings is 1. The molecule has 2 rings (SSSR count). The highest BCUT2D eigenvalue weighted by Gasteiger charge is 2.12. The number of ether oxygens (including phenoxy) is 1. The number of rotatable bonds is 3. The Bertz CT molecular complexity index is 507. The van der Waals surface area contributed by atoms with Crippen LogP contribution in [0.15, 0.2) is 30.3 Å². The third-order valence-corrected chi connectivity index (χ3v) is 2.55. The van der Waals surface area contributed by atoms with Crippen molar-refractivity contribution in [2.24, 2.45) is 0 Å². The lowest BCUT2D eigenvalue weighted by atomic mass is 10.1. The molecule has 17 heavy (non-hydrogen) atoms. The maximum Gasteiger partial charge on any atom is 0.257 e. The van der Waals surface area contributed by atoms with Gasteiger partial charge in [-0.15, -0.1) is 10.2 Å². The van der Waals surface area contributed by atoms with Gasteiger partial charge in [0.2, 0.25) is 10.4 Å². The van der Waals surface area contributed by atoms with Crippen molar-refractivity contribution in [1.29, 1.82) is 0 Å². The average molecular weight is 270 g/mol. The Kier molecular flexibility index (Phi) is 3.76. The van der Waals surface area contributed by atoms with Crippen molar-refractivity contribution < 1.29 is 4.74 Å². The third-order valence-electron chi connectivity index (χ3n) is 2.15. The van der Waals surface area contributed by atoms with Gasteiger partial charge in [-0.1, -0.05) is 41.9 Å². The Morgan fingerprint density at radius 3 is 2.53 bits per heavy atom. The van der Waals surface area contributed by atoms with Crippen LogP contribution in [0.4, 0.5) is 0 Å². The quantitative estimate of drug-likeness (QED) is 0.858. The van der Waals surface area contributed by atoms with Gasteiger partial charge in [0.25, 0.3) is 5.88 Å². The fourth-order valence-corrected chi connectivity index (χ4v) is 1.55. The van der Waals surface area contributed by atoms with Gasteiger partial charge in [-0.2, -0.15) is 4.98 Å². The molecule has 0 aliphatic carbocycles. The molecule has 4 nitrogen and oxygen atoms in total. The zero-order valence-corrected chi connectivity index (χ0v) is 10.5. The summed E-state index contributed by atoms with van der Waals surface area (Å²) in [7, 11) is 0. The minimum absolute atomic E-state index is 0.00432. The lowest BCUT2D eigenvalue weighted by Crippen LogP contribution is -2.06. The first-order valence-electron chi connectivity index (χ1n) is 4.94. The average Bonchev–Trinajstić information content (AvgIpc) is 2.35. The van der Waals surface area contributed by atoms with E-state index in [4.69, 9.17) is 27.9 Å². The molecular formula is C11H9Cl2N3O. The molecule has 1 aromatic heterocycles. The highest BCUT2D eigenvalue weighted by atomic mass is 35.5. The molecule has 0 spiro atoms. The second-order valence-corrected chi connectivity index (χ2v) is 4.04. The molecule has 1 heterocycles. The van der Waals surface area contributed by atoms with Crippen LogP contribution in [0.2, 0.25) is 10.4 Å².